The molecule has 2 rings (SSSR count). The third-order valence-corrected chi connectivity index (χ3v) is 3.39. The number of pyridine rings is 2. The van der Waals surface area contributed by atoms with Crippen LogP contribution in [-0.4, -0.2) is 16.0 Å². The first-order chi connectivity index (χ1) is 9.67. The Bertz CT molecular complexity index is 545. The zero-order chi connectivity index (χ0) is 14.4. The third-order valence-electron chi connectivity index (χ3n) is 2.96. The van der Waals surface area contributed by atoms with Crippen LogP contribution < -0.4 is 10.5 Å². The van der Waals surface area contributed by atoms with Crippen LogP contribution in [0.15, 0.2) is 41.3 Å². The zero-order valence-electron chi connectivity index (χ0n) is 11.4. The molecule has 1 unspecified atom stereocenters. The molecule has 0 fully saturated rings. The van der Waals surface area contributed by atoms with Crippen molar-refractivity contribution in [3.63, 3.8) is 0 Å². The Balaban J connectivity index is 1.90. The van der Waals surface area contributed by atoms with Crippen molar-refractivity contribution in [1.82, 2.24) is 9.97 Å². The molecule has 0 aliphatic rings. The van der Waals surface area contributed by atoms with Gasteiger partial charge in [0.1, 0.15) is 12.4 Å². The predicted molar refractivity (Wildman–Crippen MR) is 82.5 cm³/mol. The molecule has 2 N–H and O–H groups in total. The lowest BCUT2D eigenvalue weighted by molar-refractivity contribution is 0.304. The SMILES string of the molecule is CCC(N)Cc1ccc(OCc2cncc(Br)c2)cn1. The lowest BCUT2D eigenvalue weighted by atomic mass is 10.1. The molecule has 0 amide bonds. The highest BCUT2D eigenvalue weighted by Crippen LogP contribution is 2.14. The van der Waals surface area contributed by atoms with E-state index in [2.05, 4.69) is 32.8 Å². The van der Waals surface area contributed by atoms with Crippen molar-refractivity contribution in [3.05, 3.63) is 52.5 Å². The summed E-state index contributed by atoms with van der Waals surface area (Å²) in [6.07, 6.45) is 7.02. The van der Waals surface area contributed by atoms with Gasteiger partial charge in [-0.3, -0.25) is 9.97 Å². The molecule has 0 saturated carbocycles. The van der Waals surface area contributed by atoms with E-state index in [4.69, 9.17) is 10.5 Å². The van der Waals surface area contributed by atoms with Crippen molar-refractivity contribution < 1.29 is 4.74 Å². The standard InChI is InChI=1S/C15H18BrN3O/c1-2-13(17)6-14-3-4-15(9-19-14)20-10-11-5-12(16)8-18-7-11/h3-5,7-9,13H,2,6,10,17H2,1H3. The van der Waals surface area contributed by atoms with Crippen molar-refractivity contribution in [1.29, 1.82) is 0 Å². The minimum atomic E-state index is 0.169. The van der Waals surface area contributed by atoms with E-state index in [-0.39, 0.29) is 6.04 Å². The van der Waals surface area contributed by atoms with Gasteiger partial charge in [0, 0.05) is 40.6 Å². The van der Waals surface area contributed by atoms with Crippen LogP contribution in [0.1, 0.15) is 24.6 Å². The maximum atomic E-state index is 5.91. The van der Waals surface area contributed by atoms with Gasteiger partial charge in [-0.15, -0.1) is 0 Å². The van der Waals surface area contributed by atoms with Crippen molar-refractivity contribution in [2.24, 2.45) is 5.73 Å². The second-order valence-corrected chi connectivity index (χ2v) is 5.57. The number of nitrogens with zero attached hydrogens (tertiary/aromatic N) is 2. The van der Waals surface area contributed by atoms with E-state index in [9.17, 15) is 0 Å². The van der Waals surface area contributed by atoms with Gasteiger partial charge in [0.25, 0.3) is 0 Å². The quantitative estimate of drug-likeness (QED) is 0.881. The van der Waals surface area contributed by atoms with Crippen molar-refractivity contribution in [2.75, 3.05) is 0 Å². The second-order valence-electron chi connectivity index (χ2n) is 4.66. The van der Waals surface area contributed by atoms with Crippen LogP contribution in [0.5, 0.6) is 5.75 Å². The summed E-state index contributed by atoms with van der Waals surface area (Å²) in [4.78, 5) is 8.46. The average molecular weight is 336 g/mol. The molecule has 0 radical (unpaired) electrons. The van der Waals surface area contributed by atoms with Crippen LogP contribution in [0.4, 0.5) is 0 Å². The topological polar surface area (TPSA) is 61.0 Å². The normalized spacial score (nSPS) is 12.2. The molecule has 106 valence electrons. The fourth-order valence-electron chi connectivity index (χ4n) is 1.73. The molecule has 2 aromatic rings. The molecule has 0 spiro atoms. The monoisotopic (exact) mass is 335 g/mol. The molecule has 20 heavy (non-hydrogen) atoms. The summed E-state index contributed by atoms with van der Waals surface area (Å²) < 4.78 is 6.62. The molecule has 0 saturated heterocycles. The van der Waals surface area contributed by atoms with Crippen molar-refractivity contribution in [2.45, 2.75) is 32.4 Å². The predicted octanol–water partition coefficient (Wildman–Crippen LogP) is 3.10. The van der Waals surface area contributed by atoms with Gasteiger partial charge in [-0.1, -0.05) is 6.92 Å². The maximum Gasteiger partial charge on any atom is 0.138 e. The fourth-order valence-corrected chi connectivity index (χ4v) is 2.14. The van der Waals surface area contributed by atoms with Crippen LogP contribution in [0.3, 0.4) is 0 Å². The smallest absolute Gasteiger partial charge is 0.138 e. The molecular weight excluding hydrogens is 318 g/mol. The average Bonchev–Trinajstić information content (AvgIpc) is 2.46. The van der Waals surface area contributed by atoms with E-state index >= 15 is 0 Å². The number of ether oxygens (including phenoxy) is 1. The molecule has 2 heterocycles. The summed E-state index contributed by atoms with van der Waals surface area (Å²) in [7, 11) is 0. The number of hydrogen-bond donors (Lipinski definition) is 1. The maximum absolute atomic E-state index is 5.91. The highest BCUT2D eigenvalue weighted by molar-refractivity contribution is 9.10. The number of rotatable bonds is 6. The van der Waals surface area contributed by atoms with Gasteiger partial charge in [0.15, 0.2) is 0 Å². The van der Waals surface area contributed by atoms with E-state index in [1.165, 1.54) is 0 Å². The Morgan fingerprint density at radius 2 is 2.15 bits per heavy atom. The Hall–Kier alpha value is -1.46. The first-order valence-electron chi connectivity index (χ1n) is 6.60. The van der Waals surface area contributed by atoms with Crippen LogP contribution in [0, 0.1) is 0 Å². The Kier molecular flexibility index (Phi) is 5.49. The van der Waals surface area contributed by atoms with Gasteiger partial charge in [0.05, 0.1) is 6.20 Å². The van der Waals surface area contributed by atoms with Crippen molar-refractivity contribution >= 4 is 15.9 Å². The molecule has 4 nitrogen and oxygen atoms in total. The van der Waals surface area contributed by atoms with Gasteiger partial charge in [-0.25, -0.2) is 0 Å². The molecule has 1 atom stereocenters. The van der Waals surface area contributed by atoms with E-state index < -0.39 is 0 Å². The summed E-state index contributed by atoms with van der Waals surface area (Å²) in [5, 5.41) is 0. The number of aromatic nitrogens is 2. The summed E-state index contributed by atoms with van der Waals surface area (Å²) >= 11 is 3.39. The minimum Gasteiger partial charge on any atom is -0.487 e. The molecule has 0 aliphatic carbocycles. The Labute approximate surface area is 127 Å². The third kappa shape index (κ3) is 4.58. The fraction of sp³-hybridized carbons (Fsp3) is 0.333. The number of hydrogen-bond acceptors (Lipinski definition) is 4. The van der Waals surface area contributed by atoms with Gasteiger partial charge >= 0.3 is 0 Å². The number of halogens is 1. The number of nitrogens with two attached hydrogens (primary N) is 1. The Morgan fingerprint density at radius 1 is 1.30 bits per heavy atom. The van der Waals surface area contributed by atoms with E-state index in [0.29, 0.717) is 6.61 Å². The summed E-state index contributed by atoms with van der Waals surface area (Å²) in [6, 6.07) is 6.04. The first-order valence-corrected chi connectivity index (χ1v) is 7.39. The van der Waals surface area contributed by atoms with Gasteiger partial charge in [-0.2, -0.15) is 0 Å². The molecule has 0 bridgehead atoms. The van der Waals surface area contributed by atoms with Crippen LogP contribution in [-0.2, 0) is 13.0 Å². The lowest BCUT2D eigenvalue weighted by Gasteiger charge is -2.09. The van der Waals surface area contributed by atoms with Gasteiger partial charge < -0.3 is 10.5 Å². The molecule has 0 aliphatic heterocycles. The van der Waals surface area contributed by atoms with E-state index in [1.807, 2.05) is 18.2 Å². The van der Waals surface area contributed by atoms with Crippen LogP contribution in [0.25, 0.3) is 0 Å². The highest BCUT2D eigenvalue weighted by Gasteiger charge is 2.03. The zero-order valence-corrected chi connectivity index (χ0v) is 13.0. The van der Waals surface area contributed by atoms with E-state index in [1.54, 1.807) is 18.6 Å². The first kappa shape index (κ1) is 14.9. The van der Waals surface area contributed by atoms with Gasteiger partial charge in [-0.05, 0) is 40.5 Å². The summed E-state index contributed by atoms with van der Waals surface area (Å²) in [5.41, 5.74) is 7.92. The molecule has 0 aromatic carbocycles. The highest BCUT2D eigenvalue weighted by atomic mass is 79.9. The summed E-state index contributed by atoms with van der Waals surface area (Å²) in [6.45, 7) is 2.55. The van der Waals surface area contributed by atoms with Crippen LogP contribution in [0.2, 0.25) is 0 Å². The molecular formula is C15H18BrN3O. The second kappa shape index (κ2) is 7.36. The summed E-state index contributed by atoms with van der Waals surface area (Å²) in [5.74, 6) is 0.749. The molecule has 2 aromatic heterocycles. The van der Waals surface area contributed by atoms with Crippen LogP contribution >= 0.6 is 15.9 Å². The van der Waals surface area contributed by atoms with Gasteiger partial charge in [0.2, 0.25) is 0 Å². The lowest BCUT2D eigenvalue weighted by Crippen LogP contribution is -2.21. The molecule has 5 heteroatoms. The Morgan fingerprint density at radius 3 is 2.80 bits per heavy atom. The van der Waals surface area contributed by atoms with E-state index in [0.717, 1.165) is 34.3 Å². The largest absolute Gasteiger partial charge is 0.487 e. The minimum absolute atomic E-state index is 0.169. The van der Waals surface area contributed by atoms with Crippen molar-refractivity contribution in [3.8, 4) is 5.75 Å².